The van der Waals surface area contributed by atoms with Gasteiger partial charge in [-0.15, -0.1) is 0 Å². The summed E-state index contributed by atoms with van der Waals surface area (Å²) in [6.07, 6.45) is -0.0676. The summed E-state index contributed by atoms with van der Waals surface area (Å²) in [5.74, 6) is 3.28. The molecule has 0 radical (unpaired) electrons. The molecule has 0 unspecified atom stereocenters. The molecular formula is C4H8N2O3. The predicted molar refractivity (Wildman–Crippen MR) is 28.7 cm³/mol. The van der Waals surface area contributed by atoms with Crippen LogP contribution in [0.15, 0.2) is 0 Å². The van der Waals surface area contributed by atoms with Crippen molar-refractivity contribution in [2.75, 3.05) is 0 Å². The van der Waals surface area contributed by atoms with Gasteiger partial charge in [0.15, 0.2) is 0 Å². The van der Waals surface area contributed by atoms with Gasteiger partial charge in [0.25, 0.3) is 0 Å². The van der Waals surface area contributed by atoms with Crippen LogP contribution in [-0.2, 0) is 14.4 Å². The maximum atomic E-state index is 10.2. The fraction of sp³-hybridized carbons (Fsp3) is 0.500. The van der Waals surface area contributed by atoms with Crippen molar-refractivity contribution >= 4 is 11.9 Å². The van der Waals surface area contributed by atoms with E-state index in [-0.39, 0.29) is 12.8 Å². The Morgan fingerprint density at radius 3 is 2.22 bits per heavy atom. The van der Waals surface area contributed by atoms with Crippen LogP contribution in [-0.4, -0.2) is 11.9 Å². The van der Waals surface area contributed by atoms with Crippen molar-refractivity contribution in [2.24, 2.45) is 11.6 Å². The summed E-state index contributed by atoms with van der Waals surface area (Å²) in [5.41, 5.74) is 4.71. The molecule has 5 nitrogen and oxygen atoms in total. The van der Waals surface area contributed by atoms with Gasteiger partial charge in [-0.25, -0.2) is 0 Å². The van der Waals surface area contributed by atoms with Gasteiger partial charge in [-0.1, -0.05) is 0 Å². The molecule has 0 saturated heterocycles. The Balaban J connectivity index is 3.28. The molecule has 0 aromatic carbocycles. The fourth-order valence-electron chi connectivity index (χ4n) is 0.284. The van der Waals surface area contributed by atoms with Gasteiger partial charge >= 0.3 is 5.97 Å². The Kier molecular flexibility index (Phi) is 3.38. The molecule has 0 saturated carbocycles. The van der Waals surface area contributed by atoms with Crippen LogP contribution in [0.1, 0.15) is 12.8 Å². The van der Waals surface area contributed by atoms with Crippen molar-refractivity contribution < 1.29 is 14.4 Å². The predicted octanol–water partition coefficient (Wildman–Crippen LogP) is -1.33. The van der Waals surface area contributed by atoms with Gasteiger partial charge in [-0.2, -0.15) is 5.90 Å². The summed E-state index contributed by atoms with van der Waals surface area (Å²) < 4.78 is 0. The van der Waals surface area contributed by atoms with Crippen molar-refractivity contribution in [3.8, 4) is 0 Å². The number of hydrogen-bond acceptors (Lipinski definition) is 4. The summed E-state index contributed by atoms with van der Waals surface area (Å²) in [5, 5.41) is 0. The average Bonchev–Trinajstić information content (AvgIpc) is 1.83. The normalized spacial score (nSPS) is 8.56. The van der Waals surface area contributed by atoms with Crippen LogP contribution in [0, 0.1) is 0 Å². The molecule has 0 aliphatic heterocycles. The SMILES string of the molecule is NOC(=O)CCC(N)=O. The first-order valence-electron chi connectivity index (χ1n) is 2.34. The third-order valence-corrected chi connectivity index (χ3v) is 0.707. The number of primary amides is 1. The van der Waals surface area contributed by atoms with E-state index in [0.717, 1.165) is 0 Å². The molecule has 0 aliphatic rings. The van der Waals surface area contributed by atoms with E-state index < -0.39 is 11.9 Å². The lowest BCUT2D eigenvalue weighted by molar-refractivity contribution is -0.145. The molecule has 0 spiro atoms. The second-order valence-electron chi connectivity index (χ2n) is 1.46. The van der Waals surface area contributed by atoms with Crippen LogP contribution in [0.25, 0.3) is 0 Å². The number of carbonyl (C=O) groups is 2. The lowest BCUT2D eigenvalue weighted by Crippen LogP contribution is -2.15. The molecule has 52 valence electrons. The Hall–Kier alpha value is -1.10. The molecular weight excluding hydrogens is 124 g/mol. The Bertz CT molecular complexity index is 123. The topological polar surface area (TPSA) is 95.4 Å². The van der Waals surface area contributed by atoms with E-state index >= 15 is 0 Å². The van der Waals surface area contributed by atoms with E-state index in [0.29, 0.717) is 0 Å². The van der Waals surface area contributed by atoms with E-state index in [1.807, 2.05) is 0 Å². The molecule has 5 heteroatoms. The zero-order chi connectivity index (χ0) is 7.28. The van der Waals surface area contributed by atoms with E-state index in [1.165, 1.54) is 0 Å². The third-order valence-electron chi connectivity index (χ3n) is 0.707. The molecule has 0 rings (SSSR count). The Morgan fingerprint density at radius 2 is 1.89 bits per heavy atom. The maximum Gasteiger partial charge on any atom is 0.324 e. The first kappa shape index (κ1) is 7.90. The molecule has 9 heavy (non-hydrogen) atoms. The summed E-state index contributed by atoms with van der Waals surface area (Å²) >= 11 is 0. The van der Waals surface area contributed by atoms with Crippen LogP contribution in [0.4, 0.5) is 0 Å². The minimum atomic E-state index is -0.631. The van der Waals surface area contributed by atoms with Gasteiger partial charge in [0.05, 0.1) is 6.42 Å². The highest BCUT2D eigenvalue weighted by Crippen LogP contribution is 1.87. The minimum absolute atomic E-state index is 0.0178. The number of nitrogens with two attached hydrogens (primary N) is 2. The van der Waals surface area contributed by atoms with E-state index in [2.05, 4.69) is 10.7 Å². The van der Waals surface area contributed by atoms with Crippen molar-refractivity contribution in [1.82, 2.24) is 0 Å². The quantitative estimate of drug-likeness (QED) is 0.465. The number of carbonyl (C=O) groups excluding carboxylic acids is 2. The Labute approximate surface area is 51.9 Å². The van der Waals surface area contributed by atoms with Gasteiger partial charge in [0.2, 0.25) is 5.91 Å². The molecule has 1 amide bonds. The second-order valence-corrected chi connectivity index (χ2v) is 1.46. The number of hydrogen-bond donors (Lipinski definition) is 2. The number of rotatable bonds is 3. The monoisotopic (exact) mass is 132 g/mol. The van der Waals surface area contributed by atoms with Crippen molar-refractivity contribution in [3.05, 3.63) is 0 Å². The molecule has 4 N–H and O–H groups in total. The zero-order valence-corrected chi connectivity index (χ0v) is 4.79. The second kappa shape index (κ2) is 3.85. The van der Waals surface area contributed by atoms with Crippen LogP contribution < -0.4 is 11.6 Å². The lowest BCUT2D eigenvalue weighted by Gasteiger charge is -1.92. The zero-order valence-electron chi connectivity index (χ0n) is 4.79. The van der Waals surface area contributed by atoms with E-state index in [9.17, 15) is 9.59 Å². The highest BCUT2D eigenvalue weighted by atomic mass is 16.7. The first-order valence-corrected chi connectivity index (χ1v) is 2.34. The molecule has 0 fully saturated rings. The van der Waals surface area contributed by atoms with Crippen LogP contribution in [0.3, 0.4) is 0 Å². The summed E-state index contributed by atoms with van der Waals surface area (Å²) in [7, 11) is 0. The third kappa shape index (κ3) is 4.76. The molecule has 0 bridgehead atoms. The Morgan fingerprint density at radius 1 is 1.33 bits per heavy atom. The smallest absolute Gasteiger partial charge is 0.324 e. The summed E-state index contributed by atoms with van der Waals surface area (Å²) in [6, 6.07) is 0. The first-order chi connectivity index (χ1) is 4.16. The fourth-order valence-corrected chi connectivity index (χ4v) is 0.284. The largest absolute Gasteiger partial charge is 0.373 e. The minimum Gasteiger partial charge on any atom is -0.373 e. The van der Waals surface area contributed by atoms with E-state index in [4.69, 9.17) is 5.73 Å². The van der Waals surface area contributed by atoms with Gasteiger partial charge < -0.3 is 10.6 Å². The maximum absolute atomic E-state index is 10.2. The lowest BCUT2D eigenvalue weighted by atomic mass is 10.3. The van der Waals surface area contributed by atoms with Crippen LogP contribution in [0.5, 0.6) is 0 Å². The van der Waals surface area contributed by atoms with Crippen molar-refractivity contribution in [2.45, 2.75) is 12.8 Å². The van der Waals surface area contributed by atoms with Crippen molar-refractivity contribution in [3.63, 3.8) is 0 Å². The van der Waals surface area contributed by atoms with Crippen LogP contribution >= 0.6 is 0 Å². The van der Waals surface area contributed by atoms with Gasteiger partial charge in [0.1, 0.15) is 0 Å². The van der Waals surface area contributed by atoms with Gasteiger partial charge in [-0.3, -0.25) is 9.59 Å². The van der Waals surface area contributed by atoms with Gasteiger partial charge in [-0.05, 0) is 0 Å². The van der Waals surface area contributed by atoms with E-state index in [1.54, 1.807) is 0 Å². The highest BCUT2D eigenvalue weighted by molar-refractivity contribution is 5.79. The average molecular weight is 132 g/mol. The molecule has 0 aromatic heterocycles. The summed E-state index contributed by atoms with van der Waals surface area (Å²) in [4.78, 5) is 23.9. The molecule has 0 atom stereocenters. The highest BCUT2D eigenvalue weighted by Gasteiger charge is 2.02. The van der Waals surface area contributed by atoms with Gasteiger partial charge in [0, 0.05) is 6.42 Å². The summed E-state index contributed by atoms with van der Waals surface area (Å²) in [6.45, 7) is 0. The molecule has 0 aliphatic carbocycles. The van der Waals surface area contributed by atoms with Crippen molar-refractivity contribution in [1.29, 1.82) is 0 Å². The van der Waals surface area contributed by atoms with Crippen LogP contribution in [0.2, 0.25) is 0 Å². The standard InChI is InChI=1S/C4H8N2O3/c5-3(7)1-2-4(8)9-6/h1-2,6H2,(H2,5,7). The molecule has 0 heterocycles. The molecule has 0 aromatic rings. The number of amides is 1.